The van der Waals surface area contributed by atoms with Crippen LogP contribution < -0.4 is 5.56 Å². The molecule has 2 aromatic heterocycles. The Balaban J connectivity index is 1.35. The number of hydrogen-bond acceptors (Lipinski definition) is 8. The molecular weight excluding hydrogens is 585 g/mol. The summed E-state index contributed by atoms with van der Waals surface area (Å²) < 4.78 is 69.1. The molecule has 0 unspecified atom stereocenters. The maximum Gasteiger partial charge on any atom is 0.281 e. The molecule has 40 heavy (non-hydrogen) atoms. The van der Waals surface area contributed by atoms with Crippen LogP contribution in [0.2, 0.25) is 5.02 Å². The van der Waals surface area contributed by atoms with Crippen molar-refractivity contribution in [3.8, 4) is 0 Å². The Morgan fingerprint density at radius 1 is 1.05 bits per heavy atom. The summed E-state index contributed by atoms with van der Waals surface area (Å²) in [6.45, 7) is 0.243. The molecule has 212 valence electrons. The van der Waals surface area contributed by atoms with E-state index >= 15 is 0 Å². The quantitative estimate of drug-likeness (QED) is 0.335. The lowest BCUT2D eigenvalue weighted by molar-refractivity contribution is 0.313. The molecule has 0 saturated carbocycles. The molecule has 0 bridgehead atoms. The minimum atomic E-state index is -3.87. The first kappa shape index (κ1) is 28.3. The van der Waals surface area contributed by atoms with E-state index in [1.165, 1.54) is 59.5 Å². The fourth-order valence-electron chi connectivity index (χ4n) is 4.53. The number of halogens is 2. The first-order chi connectivity index (χ1) is 18.9. The van der Waals surface area contributed by atoms with Crippen molar-refractivity contribution in [2.24, 2.45) is 0 Å². The molecule has 1 fully saturated rings. The number of aromatic amines is 1. The molecule has 0 radical (unpaired) electrons. The molecule has 4 aromatic rings. The number of piperidine rings is 1. The molecule has 1 aliphatic heterocycles. The molecule has 0 spiro atoms. The van der Waals surface area contributed by atoms with Gasteiger partial charge in [-0.2, -0.15) is 4.31 Å². The van der Waals surface area contributed by atoms with Crippen molar-refractivity contribution in [3.05, 3.63) is 75.0 Å². The molecule has 0 amide bonds. The van der Waals surface area contributed by atoms with E-state index in [4.69, 9.17) is 11.6 Å². The van der Waals surface area contributed by atoms with Gasteiger partial charge in [0.05, 0.1) is 16.3 Å². The van der Waals surface area contributed by atoms with Crippen molar-refractivity contribution in [1.29, 1.82) is 0 Å². The lowest BCUT2D eigenvalue weighted by atomic mass is 9.97. The van der Waals surface area contributed by atoms with Crippen LogP contribution >= 0.6 is 11.6 Å². The minimum Gasteiger partial charge on any atom is -0.308 e. The van der Waals surface area contributed by atoms with Gasteiger partial charge >= 0.3 is 0 Å². The van der Waals surface area contributed by atoms with Crippen LogP contribution in [-0.4, -0.2) is 77.6 Å². The third-order valence-corrected chi connectivity index (χ3v) is 10.9. The summed E-state index contributed by atoms with van der Waals surface area (Å²) in [5.74, 6) is -0.420. The summed E-state index contributed by atoms with van der Waals surface area (Å²) in [5.41, 5.74) is -0.156. The van der Waals surface area contributed by atoms with Crippen LogP contribution in [0.15, 0.2) is 57.1 Å². The maximum atomic E-state index is 14.3. The third kappa shape index (κ3) is 5.14. The van der Waals surface area contributed by atoms with Gasteiger partial charge in [-0.1, -0.05) is 22.9 Å². The zero-order chi connectivity index (χ0) is 28.8. The number of benzene rings is 2. The van der Waals surface area contributed by atoms with Crippen molar-refractivity contribution in [2.45, 2.75) is 35.1 Å². The van der Waals surface area contributed by atoms with Gasteiger partial charge < -0.3 is 4.98 Å². The van der Waals surface area contributed by atoms with Crippen LogP contribution in [0.3, 0.4) is 0 Å². The summed E-state index contributed by atoms with van der Waals surface area (Å²) >= 11 is 6.14. The molecule has 3 heterocycles. The second-order valence-corrected chi connectivity index (χ2v) is 14.0. The molecular formula is C24H25ClFN7O5S2. The average molecular weight is 610 g/mol. The second kappa shape index (κ2) is 10.6. The number of rotatable bonds is 7. The number of H-pyrrole nitrogens is 1. The summed E-state index contributed by atoms with van der Waals surface area (Å²) in [6, 6.07) is 9.40. The standard InChI is InChI=1S/C24H25ClFN7O5S2/c1-31(2)39(35,36)16-6-8-17(9-7-16)40(37,38)32-12-10-15(11-13-32)22-27-23-21(24(34)28-22)29-30-33(23)14-18-19(25)4-3-5-20(18)26/h3-9,15H,10-14H2,1-2H3,(H,27,28,34). The Morgan fingerprint density at radius 2 is 1.70 bits per heavy atom. The van der Waals surface area contributed by atoms with Crippen LogP contribution in [0.1, 0.15) is 30.1 Å². The lowest BCUT2D eigenvalue weighted by Crippen LogP contribution is -2.38. The highest BCUT2D eigenvalue weighted by atomic mass is 35.5. The molecule has 1 saturated heterocycles. The van der Waals surface area contributed by atoms with Crippen molar-refractivity contribution >= 4 is 42.8 Å². The van der Waals surface area contributed by atoms with E-state index in [0.29, 0.717) is 18.7 Å². The Kier molecular flexibility index (Phi) is 7.52. The predicted molar refractivity (Wildman–Crippen MR) is 145 cm³/mol. The Hall–Kier alpha value is -3.24. The van der Waals surface area contributed by atoms with Crippen molar-refractivity contribution in [3.63, 3.8) is 0 Å². The number of nitrogens with zero attached hydrogens (tertiary/aromatic N) is 6. The van der Waals surface area contributed by atoms with Crippen molar-refractivity contribution in [1.82, 2.24) is 33.6 Å². The lowest BCUT2D eigenvalue weighted by Gasteiger charge is -2.30. The summed E-state index contributed by atoms with van der Waals surface area (Å²) in [4.78, 5) is 20.0. The summed E-state index contributed by atoms with van der Waals surface area (Å²) in [6.07, 6.45) is 0.753. The normalized spacial score (nSPS) is 15.7. The zero-order valence-corrected chi connectivity index (χ0v) is 23.8. The summed E-state index contributed by atoms with van der Waals surface area (Å²) in [7, 11) is -4.77. The van der Waals surface area contributed by atoms with E-state index in [2.05, 4.69) is 20.3 Å². The Labute approximate surface area is 234 Å². The highest BCUT2D eigenvalue weighted by Gasteiger charge is 2.32. The van der Waals surface area contributed by atoms with E-state index in [1.807, 2.05) is 0 Å². The van der Waals surface area contributed by atoms with Crippen LogP contribution in [0.5, 0.6) is 0 Å². The number of aromatic nitrogens is 5. The highest BCUT2D eigenvalue weighted by molar-refractivity contribution is 7.89. The van der Waals surface area contributed by atoms with Gasteiger partial charge in [-0.05, 0) is 49.2 Å². The average Bonchev–Trinajstić information content (AvgIpc) is 3.34. The van der Waals surface area contributed by atoms with E-state index in [-0.39, 0.29) is 57.1 Å². The molecule has 1 aliphatic rings. The topological polar surface area (TPSA) is 151 Å². The molecule has 2 aromatic carbocycles. The summed E-state index contributed by atoms with van der Waals surface area (Å²) in [5, 5.41) is 8.05. The predicted octanol–water partition coefficient (Wildman–Crippen LogP) is 2.17. The van der Waals surface area contributed by atoms with E-state index < -0.39 is 31.4 Å². The number of hydrogen-bond donors (Lipinski definition) is 1. The molecule has 0 atom stereocenters. The van der Waals surface area contributed by atoms with Gasteiger partial charge in [-0.25, -0.2) is 35.2 Å². The van der Waals surface area contributed by atoms with Crippen LogP contribution in [-0.2, 0) is 26.6 Å². The molecule has 1 N–H and O–H groups in total. The fourth-order valence-corrected chi connectivity index (χ4v) is 7.12. The van der Waals surface area contributed by atoms with Gasteiger partial charge in [-0.3, -0.25) is 4.79 Å². The first-order valence-corrected chi connectivity index (χ1v) is 15.4. The van der Waals surface area contributed by atoms with Gasteiger partial charge in [-0.15, -0.1) is 5.10 Å². The van der Waals surface area contributed by atoms with Crippen molar-refractivity contribution < 1.29 is 21.2 Å². The number of sulfonamides is 2. The van der Waals surface area contributed by atoms with Gasteiger partial charge in [0.25, 0.3) is 5.56 Å². The van der Waals surface area contributed by atoms with Crippen LogP contribution in [0, 0.1) is 5.82 Å². The molecule has 5 rings (SSSR count). The molecule has 0 aliphatic carbocycles. The fraction of sp³-hybridized carbons (Fsp3) is 0.333. The number of fused-ring (bicyclic) bond motifs is 1. The van der Waals surface area contributed by atoms with Crippen LogP contribution in [0.4, 0.5) is 4.39 Å². The monoisotopic (exact) mass is 609 g/mol. The minimum absolute atomic E-state index is 0.00375. The zero-order valence-electron chi connectivity index (χ0n) is 21.5. The molecule has 16 heteroatoms. The van der Waals surface area contributed by atoms with Crippen molar-refractivity contribution in [2.75, 3.05) is 27.2 Å². The second-order valence-electron chi connectivity index (χ2n) is 9.51. The van der Waals surface area contributed by atoms with Gasteiger partial charge in [0, 0.05) is 43.7 Å². The Bertz CT molecular complexity index is 1830. The van der Waals surface area contributed by atoms with Gasteiger partial charge in [0.1, 0.15) is 11.6 Å². The van der Waals surface area contributed by atoms with Crippen LogP contribution in [0.25, 0.3) is 11.2 Å². The van der Waals surface area contributed by atoms with E-state index in [0.717, 1.165) is 4.31 Å². The Morgan fingerprint density at radius 3 is 2.33 bits per heavy atom. The number of nitrogens with one attached hydrogen (secondary N) is 1. The van der Waals surface area contributed by atoms with E-state index in [9.17, 15) is 26.0 Å². The smallest absolute Gasteiger partial charge is 0.281 e. The molecule has 12 nitrogen and oxygen atoms in total. The van der Waals surface area contributed by atoms with Gasteiger partial charge in [0.2, 0.25) is 20.0 Å². The highest BCUT2D eigenvalue weighted by Crippen LogP contribution is 2.30. The SMILES string of the molecule is CN(C)S(=O)(=O)c1ccc(S(=O)(=O)N2CCC(c3nc4c(nnn4Cc4c(F)cccc4Cl)c(=O)[nH]3)CC2)cc1. The third-order valence-electron chi connectivity index (χ3n) is 6.84. The largest absolute Gasteiger partial charge is 0.308 e. The van der Waals surface area contributed by atoms with Gasteiger partial charge in [0.15, 0.2) is 11.2 Å². The van der Waals surface area contributed by atoms with E-state index in [1.54, 1.807) is 6.07 Å². The first-order valence-electron chi connectivity index (χ1n) is 12.2. The maximum absolute atomic E-state index is 14.3.